The molecule has 30 heavy (non-hydrogen) atoms. The van der Waals surface area contributed by atoms with Gasteiger partial charge < -0.3 is 19.5 Å². The van der Waals surface area contributed by atoms with Crippen LogP contribution in [0.2, 0.25) is 0 Å². The summed E-state index contributed by atoms with van der Waals surface area (Å²) < 4.78 is 16.1. The molecule has 7 heteroatoms. The Labute approximate surface area is 178 Å². The number of hydrogen-bond donors (Lipinski definition) is 1. The molecular weight excluding hydrogens is 402 g/mol. The Balaban J connectivity index is 1.36. The van der Waals surface area contributed by atoms with Gasteiger partial charge in [0.05, 0.1) is 11.3 Å². The molecule has 0 saturated heterocycles. The molecule has 1 heterocycles. The minimum absolute atomic E-state index is 0.298. The Hall–Kier alpha value is -3.45. The van der Waals surface area contributed by atoms with Crippen LogP contribution in [0.3, 0.4) is 0 Å². The van der Waals surface area contributed by atoms with E-state index in [0.29, 0.717) is 36.0 Å². The number of rotatable bonds is 6. The first-order chi connectivity index (χ1) is 14.7. The average Bonchev–Trinajstić information content (AvgIpc) is 2.79. The maximum Gasteiger partial charge on any atom is 0.338 e. The van der Waals surface area contributed by atoms with Crippen LogP contribution in [0.5, 0.6) is 11.5 Å². The van der Waals surface area contributed by atoms with Crippen LogP contribution in [-0.4, -0.2) is 31.7 Å². The van der Waals surface area contributed by atoms with Gasteiger partial charge in [0.25, 0.3) is 5.91 Å². The predicted octanol–water partition coefficient (Wildman–Crippen LogP) is 4.40. The van der Waals surface area contributed by atoms with Gasteiger partial charge in [-0.05, 0) is 42.5 Å². The number of esters is 1. The lowest BCUT2D eigenvalue weighted by Gasteiger charge is -2.18. The average molecular weight is 421 g/mol. The van der Waals surface area contributed by atoms with Crippen molar-refractivity contribution < 1.29 is 23.8 Å². The summed E-state index contributed by atoms with van der Waals surface area (Å²) in [7, 11) is 0. The van der Waals surface area contributed by atoms with Crippen LogP contribution in [0.25, 0.3) is 0 Å². The maximum absolute atomic E-state index is 12.3. The molecule has 1 amide bonds. The Bertz CT molecular complexity index is 1050. The molecule has 0 atom stereocenters. The molecule has 0 unspecified atom stereocenters. The van der Waals surface area contributed by atoms with E-state index in [0.717, 1.165) is 9.79 Å². The molecule has 0 fully saturated rings. The molecule has 0 radical (unpaired) electrons. The number of fused-ring (bicyclic) bond motifs is 1. The van der Waals surface area contributed by atoms with E-state index in [1.807, 2.05) is 54.6 Å². The standard InChI is InChI=1S/C23H19NO5S/c25-22(15-29-23(26)16-10-11-19-20(14-16)28-13-12-27-19)24-18-8-4-5-9-21(18)30-17-6-2-1-3-7-17/h1-11,14H,12-13,15H2,(H,24,25). The van der Waals surface area contributed by atoms with E-state index >= 15 is 0 Å². The summed E-state index contributed by atoms with van der Waals surface area (Å²) >= 11 is 1.54. The Morgan fingerprint density at radius 1 is 0.900 bits per heavy atom. The van der Waals surface area contributed by atoms with Gasteiger partial charge >= 0.3 is 5.97 Å². The van der Waals surface area contributed by atoms with Gasteiger partial charge in [-0.15, -0.1) is 0 Å². The molecule has 3 aromatic carbocycles. The predicted molar refractivity (Wildman–Crippen MR) is 113 cm³/mol. The summed E-state index contributed by atoms with van der Waals surface area (Å²) in [5.41, 5.74) is 0.957. The topological polar surface area (TPSA) is 73.9 Å². The van der Waals surface area contributed by atoms with Gasteiger partial charge in [0, 0.05) is 9.79 Å². The fourth-order valence-electron chi connectivity index (χ4n) is 2.85. The lowest BCUT2D eigenvalue weighted by molar-refractivity contribution is -0.119. The SMILES string of the molecule is O=C(COC(=O)c1ccc2c(c1)OCCO2)Nc1ccccc1Sc1ccccc1. The zero-order valence-corrected chi connectivity index (χ0v) is 16.8. The van der Waals surface area contributed by atoms with Gasteiger partial charge in [-0.25, -0.2) is 4.79 Å². The molecule has 0 saturated carbocycles. The van der Waals surface area contributed by atoms with Crippen LogP contribution in [0.4, 0.5) is 5.69 Å². The van der Waals surface area contributed by atoms with Gasteiger partial charge in [-0.1, -0.05) is 42.1 Å². The normalized spacial score (nSPS) is 12.1. The van der Waals surface area contributed by atoms with Crippen molar-refractivity contribution in [3.8, 4) is 11.5 Å². The largest absolute Gasteiger partial charge is 0.486 e. The molecule has 152 valence electrons. The summed E-state index contributed by atoms with van der Waals surface area (Å²) in [5, 5.41) is 2.81. The summed E-state index contributed by atoms with van der Waals surface area (Å²) in [4.78, 5) is 26.6. The van der Waals surface area contributed by atoms with E-state index in [4.69, 9.17) is 14.2 Å². The summed E-state index contributed by atoms with van der Waals surface area (Å²) in [6, 6.07) is 22.1. The second-order valence-corrected chi connectivity index (χ2v) is 7.51. The number of anilines is 1. The van der Waals surface area contributed by atoms with Gasteiger partial charge in [0.1, 0.15) is 13.2 Å². The van der Waals surface area contributed by atoms with Gasteiger partial charge in [0.15, 0.2) is 18.1 Å². The van der Waals surface area contributed by atoms with Crippen LogP contribution in [0, 0.1) is 0 Å². The molecule has 0 aliphatic carbocycles. The third-order valence-electron chi connectivity index (χ3n) is 4.24. The van der Waals surface area contributed by atoms with Crippen molar-refractivity contribution in [3.63, 3.8) is 0 Å². The molecule has 0 aromatic heterocycles. The number of nitrogens with one attached hydrogen (secondary N) is 1. The minimum Gasteiger partial charge on any atom is -0.486 e. The monoisotopic (exact) mass is 421 g/mol. The third-order valence-corrected chi connectivity index (χ3v) is 5.33. The first-order valence-corrected chi connectivity index (χ1v) is 10.2. The fourth-order valence-corrected chi connectivity index (χ4v) is 3.77. The maximum atomic E-state index is 12.3. The number of carbonyl (C=O) groups excluding carboxylic acids is 2. The molecule has 3 aromatic rings. The van der Waals surface area contributed by atoms with Crippen molar-refractivity contribution in [2.75, 3.05) is 25.1 Å². The van der Waals surface area contributed by atoms with E-state index in [9.17, 15) is 9.59 Å². The minimum atomic E-state index is -0.603. The Morgan fingerprint density at radius 3 is 2.47 bits per heavy atom. The van der Waals surface area contributed by atoms with Crippen LogP contribution in [-0.2, 0) is 9.53 Å². The van der Waals surface area contributed by atoms with Crippen molar-refractivity contribution in [1.82, 2.24) is 0 Å². The molecule has 4 rings (SSSR count). The number of carbonyl (C=O) groups is 2. The van der Waals surface area contributed by atoms with Crippen LogP contribution in [0.1, 0.15) is 10.4 Å². The highest BCUT2D eigenvalue weighted by Gasteiger charge is 2.17. The number of para-hydroxylation sites is 1. The smallest absolute Gasteiger partial charge is 0.338 e. The Kier molecular flexibility index (Phi) is 6.20. The molecule has 1 aliphatic heterocycles. The Morgan fingerprint density at radius 2 is 1.63 bits per heavy atom. The number of hydrogen-bond acceptors (Lipinski definition) is 6. The zero-order valence-electron chi connectivity index (χ0n) is 16.0. The van der Waals surface area contributed by atoms with Crippen molar-refractivity contribution in [2.24, 2.45) is 0 Å². The fraction of sp³-hybridized carbons (Fsp3) is 0.130. The van der Waals surface area contributed by atoms with Crippen molar-refractivity contribution in [3.05, 3.63) is 78.4 Å². The first kappa shape index (κ1) is 19.8. The lowest BCUT2D eigenvalue weighted by Crippen LogP contribution is -2.21. The second-order valence-electron chi connectivity index (χ2n) is 6.39. The number of ether oxygens (including phenoxy) is 3. The quantitative estimate of drug-likeness (QED) is 0.595. The summed E-state index contributed by atoms with van der Waals surface area (Å²) in [6.07, 6.45) is 0. The number of benzene rings is 3. The molecule has 1 N–H and O–H groups in total. The number of amides is 1. The highest BCUT2D eigenvalue weighted by atomic mass is 32.2. The summed E-state index contributed by atoms with van der Waals surface area (Å²) in [5.74, 6) is 0.0613. The third kappa shape index (κ3) is 4.93. The van der Waals surface area contributed by atoms with E-state index < -0.39 is 18.5 Å². The summed E-state index contributed by atoms with van der Waals surface area (Å²) in [6.45, 7) is 0.507. The zero-order chi connectivity index (χ0) is 20.8. The highest BCUT2D eigenvalue weighted by molar-refractivity contribution is 7.99. The van der Waals surface area contributed by atoms with Crippen LogP contribution >= 0.6 is 11.8 Å². The van der Waals surface area contributed by atoms with Crippen molar-refractivity contribution in [2.45, 2.75) is 9.79 Å². The van der Waals surface area contributed by atoms with Crippen molar-refractivity contribution >= 4 is 29.3 Å². The van der Waals surface area contributed by atoms with Gasteiger partial charge in [-0.3, -0.25) is 4.79 Å². The van der Waals surface area contributed by atoms with E-state index in [2.05, 4.69) is 5.32 Å². The molecule has 1 aliphatic rings. The van der Waals surface area contributed by atoms with Crippen molar-refractivity contribution in [1.29, 1.82) is 0 Å². The molecule has 6 nitrogen and oxygen atoms in total. The second kappa shape index (κ2) is 9.37. The molecule has 0 spiro atoms. The highest BCUT2D eigenvalue weighted by Crippen LogP contribution is 2.33. The van der Waals surface area contributed by atoms with E-state index in [1.165, 1.54) is 0 Å². The molecule has 0 bridgehead atoms. The van der Waals surface area contributed by atoms with Gasteiger partial charge in [0.2, 0.25) is 0 Å². The first-order valence-electron chi connectivity index (χ1n) is 9.37. The lowest BCUT2D eigenvalue weighted by atomic mass is 10.2. The van der Waals surface area contributed by atoms with Crippen LogP contribution in [0.15, 0.2) is 82.6 Å². The molecular formula is C23H19NO5S. The van der Waals surface area contributed by atoms with Crippen LogP contribution < -0.4 is 14.8 Å². The van der Waals surface area contributed by atoms with E-state index in [1.54, 1.807) is 30.0 Å². The van der Waals surface area contributed by atoms with E-state index in [-0.39, 0.29) is 0 Å². The van der Waals surface area contributed by atoms with Gasteiger partial charge in [-0.2, -0.15) is 0 Å².